The van der Waals surface area contributed by atoms with Crippen LogP contribution in [0.4, 0.5) is 0 Å². The summed E-state index contributed by atoms with van der Waals surface area (Å²) in [6, 6.07) is -0.804. The molecule has 0 spiro atoms. The summed E-state index contributed by atoms with van der Waals surface area (Å²) in [6.45, 7) is 5.50. The summed E-state index contributed by atoms with van der Waals surface area (Å²) in [5, 5.41) is 15.3. The van der Waals surface area contributed by atoms with E-state index in [1.165, 1.54) is 0 Å². The van der Waals surface area contributed by atoms with Gasteiger partial charge < -0.3 is 14.9 Å². The first-order chi connectivity index (χ1) is 8.95. The van der Waals surface area contributed by atoms with E-state index in [1.54, 1.807) is 6.92 Å². The topological polar surface area (TPSA) is 92.4 Å². The van der Waals surface area contributed by atoms with Crippen molar-refractivity contribution in [1.82, 2.24) is 10.5 Å². The Morgan fingerprint density at radius 1 is 1.42 bits per heavy atom. The number of nitrogens with zero attached hydrogens (tertiary/aromatic N) is 1. The molecule has 1 heterocycles. The van der Waals surface area contributed by atoms with Crippen molar-refractivity contribution in [3.63, 3.8) is 0 Å². The highest BCUT2D eigenvalue weighted by Crippen LogP contribution is 2.14. The SMILES string of the molecule is CCCC(NC(=O)CCc1c(C)noc1C)C(=O)O. The first-order valence-corrected chi connectivity index (χ1v) is 6.39. The fraction of sp³-hybridized carbons (Fsp3) is 0.615. The van der Waals surface area contributed by atoms with Crippen molar-refractivity contribution in [3.8, 4) is 0 Å². The molecule has 1 amide bonds. The molecule has 1 aromatic heterocycles. The van der Waals surface area contributed by atoms with E-state index in [9.17, 15) is 9.59 Å². The average Bonchev–Trinajstić information content (AvgIpc) is 2.66. The van der Waals surface area contributed by atoms with Crippen molar-refractivity contribution in [1.29, 1.82) is 0 Å². The molecule has 6 nitrogen and oxygen atoms in total. The fourth-order valence-corrected chi connectivity index (χ4v) is 1.91. The molecule has 0 saturated carbocycles. The third-order valence-electron chi connectivity index (χ3n) is 2.99. The molecule has 0 fully saturated rings. The maximum atomic E-state index is 11.7. The summed E-state index contributed by atoms with van der Waals surface area (Å²) < 4.78 is 5.01. The van der Waals surface area contributed by atoms with E-state index in [0.29, 0.717) is 25.0 Å². The van der Waals surface area contributed by atoms with Crippen LogP contribution in [0.25, 0.3) is 0 Å². The van der Waals surface area contributed by atoms with Crippen molar-refractivity contribution in [2.45, 2.75) is 52.5 Å². The van der Waals surface area contributed by atoms with E-state index in [1.807, 2.05) is 13.8 Å². The van der Waals surface area contributed by atoms with E-state index in [4.69, 9.17) is 9.63 Å². The third-order valence-corrected chi connectivity index (χ3v) is 2.99. The summed E-state index contributed by atoms with van der Waals surface area (Å²) in [6.07, 6.45) is 1.88. The molecule has 6 heteroatoms. The van der Waals surface area contributed by atoms with E-state index >= 15 is 0 Å². The smallest absolute Gasteiger partial charge is 0.326 e. The van der Waals surface area contributed by atoms with Gasteiger partial charge in [-0.1, -0.05) is 18.5 Å². The third kappa shape index (κ3) is 4.39. The van der Waals surface area contributed by atoms with Gasteiger partial charge in [0.2, 0.25) is 5.91 Å². The zero-order valence-electron chi connectivity index (χ0n) is 11.5. The van der Waals surface area contributed by atoms with E-state index in [-0.39, 0.29) is 12.3 Å². The van der Waals surface area contributed by atoms with Crippen LogP contribution in [0.1, 0.15) is 43.2 Å². The van der Waals surface area contributed by atoms with Gasteiger partial charge in [-0.2, -0.15) is 0 Å². The van der Waals surface area contributed by atoms with Crippen molar-refractivity contribution >= 4 is 11.9 Å². The van der Waals surface area contributed by atoms with Crippen molar-refractivity contribution in [3.05, 3.63) is 17.0 Å². The Bertz CT molecular complexity index is 434. The second-order valence-corrected chi connectivity index (χ2v) is 4.55. The largest absolute Gasteiger partial charge is 0.480 e. The van der Waals surface area contributed by atoms with Gasteiger partial charge in [0.15, 0.2) is 0 Å². The molecule has 0 bridgehead atoms. The summed E-state index contributed by atoms with van der Waals surface area (Å²) in [5.74, 6) is -0.554. The molecule has 0 aliphatic carbocycles. The van der Waals surface area contributed by atoms with Crippen LogP contribution in [0.3, 0.4) is 0 Å². The van der Waals surface area contributed by atoms with Gasteiger partial charge in [0.25, 0.3) is 0 Å². The Morgan fingerprint density at radius 3 is 2.58 bits per heavy atom. The number of aromatic nitrogens is 1. The Hall–Kier alpha value is -1.85. The van der Waals surface area contributed by atoms with Crippen LogP contribution in [0, 0.1) is 13.8 Å². The van der Waals surface area contributed by atoms with Crippen LogP contribution >= 0.6 is 0 Å². The number of rotatable bonds is 7. The lowest BCUT2D eigenvalue weighted by Crippen LogP contribution is -2.40. The number of hydrogen-bond donors (Lipinski definition) is 2. The zero-order valence-corrected chi connectivity index (χ0v) is 11.5. The van der Waals surface area contributed by atoms with Crippen molar-refractivity contribution < 1.29 is 19.2 Å². The fourth-order valence-electron chi connectivity index (χ4n) is 1.91. The maximum absolute atomic E-state index is 11.7. The molecule has 0 saturated heterocycles. The lowest BCUT2D eigenvalue weighted by molar-refractivity contribution is -0.142. The van der Waals surface area contributed by atoms with Gasteiger partial charge in [0.05, 0.1) is 5.69 Å². The lowest BCUT2D eigenvalue weighted by atomic mass is 10.1. The standard InChI is InChI=1S/C13H20N2O4/c1-4-5-11(13(17)18)14-12(16)7-6-10-8(2)15-19-9(10)3/h11H,4-7H2,1-3H3,(H,14,16)(H,17,18). The number of aliphatic carboxylic acids is 1. The number of carbonyl (C=O) groups is 2. The highest BCUT2D eigenvalue weighted by Gasteiger charge is 2.19. The van der Waals surface area contributed by atoms with Crippen LogP contribution < -0.4 is 5.32 Å². The molecular weight excluding hydrogens is 248 g/mol. The normalized spacial score (nSPS) is 12.2. The molecular formula is C13H20N2O4. The molecule has 0 aliphatic heterocycles. The number of nitrogens with one attached hydrogen (secondary N) is 1. The van der Waals surface area contributed by atoms with E-state index in [0.717, 1.165) is 11.3 Å². The number of amides is 1. The zero-order chi connectivity index (χ0) is 14.4. The quantitative estimate of drug-likeness (QED) is 0.783. The van der Waals surface area contributed by atoms with E-state index in [2.05, 4.69) is 10.5 Å². The minimum atomic E-state index is -0.993. The summed E-state index contributed by atoms with van der Waals surface area (Å²) in [5.41, 5.74) is 1.69. The molecule has 0 aliphatic rings. The first kappa shape index (κ1) is 15.2. The number of aryl methyl sites for hydroxylation is 2. The van der Waals surface area contributed by atoms with Gasteiger partial charge in [-0.05, 0) is 26.7 Å². The van der Waals surface area contributed by atoms with Gasteiger partial charge in [0, 0.05) is 12.0 Å². The Kier molecular flexibility index (Phi) is 5.54. The maximum Gasteiger partial charge on any atom is 0.326 e. The molecule has 1 unspecified atom stereocenters. The predicted octanol–water partition coefficient (Wildman–Crippen LogP) is 1.59. The number of carboxylic acid groups (broad SMARTS) is 1. The molecule has 19 heavy (non-hydrogen) atoms. The predicted molar refractivity (Wildman–Crippen MR) is 68.8 cm³/mol. The van der Waals surface area contributed by atoms with Crippen LogP contribution in [-0.2, 0) is 16.0 Å². The van der Waals surface area contributed by atoms with Crippen molar-refractivity contribution in [2.75, 3.05) is 0 Å². The van der Waals surface area contributed by atoms with Gasteiger partial charge in [-0.25, -0.2) is 4.79 Å². The molecule has 1 aromatic rings. The van der Waals surface area contributed by atoms with Crippen LogP contribution in [0.2, 0.25) is 0 Å². The highest BCUT2D eigenvalue weighted by molar-refractivity contribution is 5.83. The Morgan fingerprint density at radius 2 is 2.11 bits per heavy atom. The van der Waals surface area contributed by atoms with Gasteiger partial charge >= 0.3 is 5.97 Å². The van der Waals surface area contributed by atoms with Crippen molar-refractivity contribution in [2.24, 2.45) is 0 Å². The van der Waals surface area contributed by atoms with Crippen LogP contribution in [0.5, 0.6) is 0 Å². The molecule has 1 rings (SSSR count). The minimum Gasteiger partial charge on any atom is -0.480 e. The Balaban J connectivity index is 2.49. The lowest BCUT2D eigenvalue weighted by Gasteiger charge is -2.13. The molecule has 0 aromatic carbocycles. The second kappa shape index (κ2) is 6.92. The first-order valence-electron chi connectivity index (χ1n) is 6.39. The van der Waals surface area contributed by atoms with Gasteiger partial charge in [0.1, 0.15) is 11.8 Å². The molecule has 1 atom stereocenters. The van der Waals surface area contributed by atoms with Crippen LogP contribution in [-0.4, -0.2) is 28.2 Å². The summed E-state index contributed by atoms with van der Waals surface area (Å²) in [7, 11) is 0. The van der Waals surface area contributed by atoms with Gasteiger partial charge in [-0.3, -0.25) is 4.79 Å². The minimum absolute atomic E-state index is 0.233. The monoisotopic (exact) mass is 268 g/mol. The number of carbonyl (C=O) groups excluding carboxylic acids is 1. The molecule has 0 radical (unpaired) electrons. The summed E-state index contributed by atoms with van der Waals surface area (Å²) >= 11 is 0. The average molecular weight is 268 g/mol. The van der Waals surface area contributed by atoms with E-state index < -0.39 is 12.0 Å². The number of hydrogen-bond acceptors (Lipinski definition) is 4. The van der Waals surface area contributed by atoms with Gasteiger partial charge in [-0.15, -0.1) is 0 Å². The second-order valence-electron chi connectivity index (χ2n) is 4.55. The molecule has 2 N–H and O–H groups in total. The Labute approximate surface area is 112 Å². The molecule has 106 valence electrons. The highest BCUT2D eigenvalue weighted by atomic mass is 16.5. The summed E-state index contributed by atoms with van der Waals surface area (Å²) in [4.78, 5) is 22.7. The van der Waals surface area contributed by atoms with Crippen LogP contribution in [0.15, 0.2) is 4.52 Å². The number of carboxylic acids is 1.